The van der Waals surface area contributed by atoms with E-state index in [1.54, 1.807) is 60.1 Å². The van der Waals surface area contributed by atoms with Gasteiger partial charge in [0.15, 0.2) is 0 Å². The molecule has 0 bridgehead atoms. The molecule has 0 saturated heterocycles. The second-order valence-corrected chi connectivity index (χ2v) is 13.8. The molecule has 0 N–H and O–H groups in total. The summed E-state index contributed by atoms with van der Waals surface area (Å²) >= 11 is 6.01. The summed E-state index contributed by atoms with van der Waals surface area (Å²) in [5, 5.41) is 9.43. The molecule has 0 fully saturated rings. The standard InChI is InChI=1S/C23H14F4N4.C22H14ClFN4/c24-17-4-8-18(9-5-17)30-14-28-20-10-1-15(13-22(20)30)21-11-12-29-31(21)19-6-2-16(3-7-19)23(25,26)27;23-16-2-6-19(7-3-16)28-21(11-12-26-28)15-1-10-20-22(13-15)27(14-25-20)18-8-4-17(24)5-9-18/h1-14H;1-14H. The smallest absolute Gasteiger partial charge is 0.299 e. The third kappa shape index (κ3) is 7.46. The monoisotopic (exact) mass is 810 g/mol. The lowest BCUT2D eigenvalue weighted by Gasteiger charge is -2.11. The maximum absolute atomic E-state index is 13.3. The summed E-state index contributed by atoms with van der Waals surface area (Å²) in [7, 11) is 0. The third-order valence-corrected chi connectivity index (χ3v) is 9.94. The zero-order valence-corrected chi connectivity index (χ0v) is 31.3. The Kier molecular flexibility index (Phi) is 9.57. The van der Waals surface area contributed by atoms with E-state index < -0.39 is 11.7 Å². The molecule has 290 valence electrons. The molecular weight excluding hydrogens is 783 g/mol. The number of alkyl halides is 3. The zero-order chi connectivity index (χ0) is 40.7. The minimum atomic E-state index is -4.39. The minimum absolute atomic E-state index is 0.263. The van der Waals surface area contributed by atoms with Gasteiger partial charge in [-0.2, -0.15) is 23.4 Å². The van der Waals surface area contributed by atoms with Crippen molar-refractivity contribution in [3.05, 3.63) is 193 Å². The number of halogens is 6. The van der Waals surface area contributed by atoms with Gasteiger partial charge in [-0.3, -0.25) is 9.13 Å². The number of aromatic nitrogens is 8. The van der Waals surface area contributed by atoms with Gasteiger partial charge in [0.1, 0.15) is 24.3 Å². The molecule has 10 rings (SSSR count). The molecule has 14 heteroatoms. The number of fused-ring (bicyclic) bond motifs is 2. The lowest BCUT2D eigenvalue weighted by atomic mass is 10.1. The summed E-state index contributed by atoms with van der Waals surface area (Å²) < 4.78 is 72.4. The van der Waals surface area contributed by atoms with Crippen molar-refractivity contribution in [3.63, 3.8) is 0 Å². The van der Waals surface area contributed by atoms with E-state index in [1.807, 2.05) is 74.5 Å². The molecule has 0 unspecified atom stereocenters. The molecule has 8 nitrogen and oxygen atoms in total. The minimum Gasteiger partial charge on any atom is -0.299 e. The van der Waals surface area contributed by atoms with Gasteiger partial charge in [0, 0.05) is 27.5 Å². The largest absolute Gasteiger partial charge is 0.416 e. The van der Waals surface area contributed by atoms with Crippen molar-refractivity contribution in [1.29, 1.82) is 0 Å². The van der Waals surface area contributed by atoms with E-state index >= 15 is 0 Å². The van der Waals surface area contributed by atoms with Gasteiger partial charge < -0.3 is 0 Å². The molecule has 59 heavy (non-hydrogen) atoms. The number of benzene rings is 6. The summed E-state index contributed by atoms with van der Waals surface area (Å²) in [6.45, 7) is 0. The van der Waals surface area contributed by atoms with Crippen LogP contribution in [0.2, 0.25) is 5.02 Å². The van der Waals surface area contributed by atoms with E-state index in [2.05, 4.69) is 26.2 Å². The van der Waals surface area contributed by atoms with Gasteiger partial charge in [-0.05, 0) is 133 Å². The van der Waals surface area contributed by atoms with E-state index in [1.165, 1.54) is 36.4 Å². The fraction of sp³-hybridized carbons (Fsp3) is 0.0222. The van der Waals surface area contributed by atoms with Gasteiger partial charge in [0.05, 0.1) is 62.8 Å². The highest BCUT2D eigenvalue weighted by Gasteiger charge is 2.30. The number of imidazole rings is 2. The van der Waals surface area contributed by atoms with Crippen LogP contribution in [0.1, 0.15) is 5.56 Å². The van der Waals surface area contributed by atoms with Crippen LogP contribution >= 0.6 is 11.6 Å². The van der Waals surface area contributed by atoms with Crippen molar-refractivity contribution >= 4 is 33.7 Å². The maximum atomic E-state index is 13.3. The first-order valence-corrected chi connectivity index (χ1v) is 18.5. The molecule has 0 atom stereocenters. The number of rotatable bonds is 6. The molecule has 0 aliphatic heterocycles. The van der Waals surface area contributed by atoms with Crippen LogP contribution in [0.25, 0.3) is 67.3 Å². The lowest BCUT2D eigenvalue weighted by Crippen LogP contribution is -2.05. The molecule has 4 aromatic heterocycles. The molecule has 0 saturated carbocycles. The Morgan fingerprint density at radius 2 is 0.864 bits per heavy atom. The Hall–Kier alpha value is -7.38. The second kappa shape index (κ2) is 15.2. The van der Waals surface area contributed by atoms with Gasteiger partial charge in [0.2, 0.25) is 0 Å². The van der Waals surface area contributed by atoms with E-state index in [9.17, 15) is 22.0 Å². The topological polar surface area (TPSA) is 71.3 Å². The van der Waals surface area contributed by atoms with E-state index in [-0.39, 0.29) is 11.6 Å². The van der Waals surface area contributed by atoms with Crippen LogP contribution in [0.4, 0.5) is 22.0 Å². The average molecular weight is 811 g/mol. The molecule has 0 aliphatic rings. The van der Waals surface area contributed by atoms with Gasteiger partial charge in [-0.15, -0.1) is 0 Å². The first kappa shape index (κ1) is 37.2. The Bertz CT molecular complexity index is 3050. The molecule has 0 amide bonds. The summed E-state index contributed by atoms with van der Waals surface area (Å²) in [5.41, 5.74) is 9.20. The van der Waals surface area contributed by atoms with Crippen LogP contribution < -0.4 is 0 Å². The molecule has 10 aromatic rings. The van der Waals surface area contributed by atoms with Crippen molar-refractivity contribution < 1.29 is 22.0 Å². The van der Waals surface area contributed by atoms with Crippen LogP contribution in [0.15, 0.2) is 171 Å². The predicted octanol–water partition coefficient (Wildman–Crippen LogP) is 11.7. The van der Waals surface area contributed by atoms with Crippen molar-refractivity contribution in [2.24, 2.45) is 0 Å². The van der Waals surface area contributed by atoms with Crippen LogP contribution in [-0.2, 0) is 6.18 Å². The molecule has 0 radical (unpaired) electrons. The molecular formula is C45H28ClF5N8. The normalized spacial score (nSPS) is 11.6. The van der Waals surface area contributed by atoms with E-state index in [0.717, 1.165) is 68.1 Å². The van der Waals surface area contributed by atoms with Crippen molar-refractivity contribution in [3.8, 4) is 45.3 Å². The SMILES string of the molecule is Fc1ccc(-n2cnc3ccc(-c4ccnn4-c4ccc(C(F)(F)F)cc4)cc32)cc1.Fc1ccc(-n2cnc3ccc(-c4ccnn4-c4ccc(Cl)cc4)cc32)cc1. The summed E-state index contributed by atoms with van der Waals surface area (Å²) in [4.78, 5) is 8.86. The molecule has 4 heterocycles. The maximum Gasteiger partial charge on any atom is 0.416 e. The van der Waals surface area contributed by atoms with Crippen molar-refractivity contribution in [2.75, 3.05) is 0 Å². The fourth-order valence-corrected chi connectivity index (χ4v) is 6.90. The Morgan fingerprint density at radius 3 is 1.29 bits per heavy atom. The quantitative estimate of drug-likeness (QED) is 0.157. The highest BCUT2D eigenvalue weighted by Crippen LogP contribution is 2.32. The highest BCUT2D eigenvalue weighted by atomic mass is 35.5. The Balaban J connectivity index is 0.000000153. The molecule has 6 aromatic carbocycles. The molecule has 0 spiro atoms. The van der Waals surface area contributed by atoms with Crippen molar-refractivity contribution in [2.45, 2.75) is 6.18 Å². The fourth-order valence-electron chi connectivity index (χ4n) is 6.78. The first-order valence-electron chi connectivity index (χ1n) is 18.1. The van der Waals surface area contributed by atoms with E-state index in [0.29, 0.717) is 16.4 Å². The van der Waals surface area contributed by atoms with E-state index in [4.69, 9.17) is 11.6 Å². The van der Waals surface area contributed by atoms with Gasteiger partial charge in [-0.1, -0.05) is 23.7 Å². The lowest BCUT2D eigenvalue weighted by molar-refractivity contribution is -0.137. The summed E-state index contributed by atoms with van der Waals surface area (Å²) in [6, 6.07) is 40.3. The Morgan fingerprint density at radius 1 is 0.458 bits per heavy atom. The number of hydrogen-bond acceptors (Lipinski definition) is 4. The highest BCUT2D eigenvalue weighted by molar-refractivity contribution is 6.30. The van der Waals surface area contributed by atoms with Crippen LogP contribution in [-0.4, -0.2) is 38.7 Å². The number of hydrogen-bond donors (Lipinski definition) is 0. The van der Waals surface area contributed by atoms with Crippen LogP contribution in [0.5, 0.6) is 0 Å². The first-order chi connectivity index (χ1) is 28.6. The van der Waals surface area contributed by atoms with Crippen LogP contribution in [0.3, 0.4) is 0 Å². The Labute approximate surface area is 337 Å². The second-order valence-electron chi connectivity index (χ2n) is 13.4. The van der Waals surface area contributed by atoms with Gasteiger partial charge >= 0.3 is 6.18 Å². The molecule has 0 aliphatic carbocycles. The third-order valence-electron chi connectivity index (χ3n) is 9.69. The summed E-state index contributed by atoms with van der Waals surface area (Å²) in [6.07, 6.45) is 2.38. The summed E-state index contributed by atoms with van der Waals surface area (Å²) in [5.74, 6) is -0.588. The number of nitrogens with zero attached hydrogens (tertiary/aromatic N) is 8. The van der Waals surface area contributed by atoms with Gasteiger partial charge in [0.25, 0.3) is 0 Å². The average Bonchev–Trinajstić information content (AvgIpc) is 4.08. The zero-order valence-electron chi connectivity index (χ0n) is 30.5. The van der Waals surface area contributed by atoms with Crippen LogP contribution in [0, 0.1) is 11.6 Å². The van der Waals surface area contributed by atoms with Crippen molar-refractivity contribution in [1.82, 2.24) is 38.7 Å². The predicted molar refractivity (Wildman–Crippen MR) is 217 cm³/mol. The van der Waals surface area contributed by atoms with Gasteiger partial charge in [-0.25, -0.2) is 28.1 Å².